The zero-order chi connectivity index (χ0) is 28.1. The maximum absolute atomic E-state index is 6.35. The van der Waals surface area contributed by atoms with Crippen molar-refractivity contribution in [3.05, 3.63) is 146 Å². The number of furan rings is 1. The summed E-state index contributed by atoms with van der Waals surface area (Å²) in [7, 11) is 0. The van der Waals surface area contributed by atoms with Gasteiger partial charge < -0.3 is 4.42 Å². The lowest BCUT2D eigenvalue weighted by molar-refractivity contribution is 0.669. The predicted octanol–water partition coefficient (Wildman–Crippen LogP) is 12.0. The Morgan fingerprint density at radius 2 is 0.884 bits per heavy atom. The van der Waals surface area contributed by atoms with Crippen molar-refractivity contribution < 1.29 is 4.42 Å². The van der Waals surface area contributed by atoms with Crippen LogP contribution in [0.2, 0.25) is 0 Å². The average Bonchev–Trinajstić information content (AvgIpc) is 3.61. The predicted molar refractivity (Wildman–Crippen MR) is 182 cm³/mol. The lowest BCUT2D eigenvalue weighted by Gasteiger charge is -2.11. The molecule has 10 rings (SSSR count). The fourth-order valence-corrected chi connectivity index (χ4v) is 7.39. The van der Waals surface area contributed by atoms with Crippen molar-refractivity contribution in [1.29, 1.82) is 0 Å². The Labute approximate surface area is 248 Å². The third kappa shape index (κ3) is 3.22. The van der Waals surface area contributed by atoms with Gasteiger partial charge >= 0.3 is 0 Å². The lowest BCUT2D eigenvalue weighted by atomic mass is 9.92. The van der Waals surface area contributed by atoms with Crippen molar-refractivity contribution in [2.24, 2.45) is 0 Å². The topological polar surface area (TPSA) is 13.1 Å². The molecule has 1 heteroatoms. The van der Waals surface area contributed by atoms with E-state index in [-0.39, 0.29) is 0 Å². The van der Waals surface area contributed by atoms with E-state index in [2.05, 4.69) is 146 Å². The maximum atomic E-state index is 6.35. The second kappa shape index (κ2) is 8.44. The van der Waals surface area contributed by atoms with E-state index >= 15 is 0 Å². The molecule has 0 saturated heterocycles. The molecule has 0 atom stereocenters. The minimum atomic E-state index is 0.914. The molecule has 1 aliphatic carbocycles. The molecule has 8 aromatic carbocycles. The zero-order valence-corrected chi connectivity index (χ0v) is 23.3. The minimum Gasteiger partial charge on any atom is -0.456 e. The quantitative estimate of drug-likeness (QED) is 0.197. The highest BCUT2D eigenvalue weighted by atomic mass is 16.3. The number of hydrogen-bond acceptors (Lipinski definition) is 1. The van der Waals surface area contributed by atoms with Gasteiger partial charge in [-0.25, -0.2) is 0 Å². The first-order valence-corrected chi connectivity index (χ1v) is 14.8. The molecule has 0 bridgehead atoms. The molecule has 1 heterocycles. The first-order chi connectivity index (χ1) is 21.3. The van der Waals surface area contributed by atoms with Crippen LogP contribution in [0.3, 0.4) is 0 Å². The van der Waals surface area contributed by atoms with Gasteiger partial charge in [0.15, 0.2) is 0 Å². The fourth-order valence-electron chi connectivity index (χ4n) is 7.39. The Morgan fingerprint density at radius 3 is 1.72 bits per heavy atom. The summed E-state index contributed by atoms with van der Waals surface area (Å²) in [5, 5.41) is 10.0. The van der Waals surface area contributed by atoms with E-state index in [9.17, 15) is 0 Å². The van der Waals surface area contributed by atoms with Gasteiger partial charge in [-0.3, -0.25) is 0 Å². The van der Waals surface area contributed by atoms with Crippen LogP contribution >= 0.6 is 0 Å². The molecule has 198 valence electrons. The van der Waals surface area contributed by atoms with E-state index < -0.39 is 0 Å². The number of benzene rings is 8. The van der Waals surface area contributed by atoms with E-state index in [0.717, 1.165) is 21.9 Å². The monoisotopic (exact) mass is 544 g/mol. The Kier molecular flexibility index (Phi) is 4.51. The molecule has 0 saturated carbocycles. The molecule has 43 heavy (non-hydrogen) atoms. The lowest BCUT2D eigenvalue weighted by Crippen LogP contribution is -1.85. The fraction of sp³-hybridized carbons (Fsp3) is 0. The van der Waals surface area contributed by atoms with Crippen LogP contribution in [0.15, 0.2) is 150 Å². The molecule has 0 radical (unpaired) electrons. The normalized spacial score (nSPS) is 12.2. The highest BCUT2D eigenvalue weighted by Gasteiger charge is 2.24. The first-order valence-electron chi connectivity index (χ1n) is 14.8. The standard InChI is InChI=1S/C42H24O/c1-2-9-31-25(6-1)14-15-26-16-17-28(22-36(26)31)29-18-20-39-37(23-29)38-24-30(19-21-40(38)43-39)32-10-5-12-34-33-11-3-7-27-8-4-13-35(41(27)33)42(32)34/h1-24H. The summed E-state index contributed by atoms with van der Waals surface area (Å²) in [5.41, 5.74) is 12.0. The summed E-state index contributed by atoms with van der Waals surface area (Å²) in [4.78, 5) is 0. The van der Waals surface area contributed by atoms with Crippen molar-refractivity contribution in [3.63, 3.8) is 0 Å². The van der Waals surface area contributed by atoms with Gasteiger partial charge in [0.2, 0.25) is 0 Å². The van der Waals surface area contributed by atoms with Gasteiger partial charge in [0.25, 0.3) is 0 Å². The van der Waals surface area contributed by atoms with Gasteiger partial charge in [0.1, 0.15) is 11.2 Å². The van der Waals surface area contributed by atoms with Gasteiger partial charge in [0, 0.05) is 10.8 Å². The Hall–Kier alpha value is -5.66. The molecular weight excluding hydrogens is 520 g/mol. The molecule has 0 N–H and O–H groups in total. The molecule has 0 fully saturated rings. The zero-order valence-electron chi connectivity index (χ0n) is 23.3. The SMILES string of the molecule is c1cc(-c2ccc3oc4ccc(-c5ccc6ccc7ccccc7c6c5)cc4c3c2)c2c(c1)-c1cccc3cccc-2c13. The average molecular weight is 545 g/mol. The summed E-state index contributed by atoms with van der Waals surface area (Å²) >= 11 is 0. The number of rotatable bonds is 2. The Bertz CT molecular complexity index is 2610. The molecule has 0 unspecified atom stereocenters. The highest BCUT2D eigenvalue weighted by Crippen LogP contribution is 2.51. The van der Waals surface area contributed by atoms with E-state index in [0.29, 0.717) is 0 Å². The molecular formula is C42H24O. The van der Waals surface area contributed by atoms with Crippen molar-refractivity contribution in [2.45, 2.75) is 0 Å². The van der Waals surface area contributed by atoms with Crippen LogP contribution in [-0.4, -0.2) is 0 Å². The minimum absolute atomic E-state index is 0.914. The molecule has 1 nitrogen and oxygen atoms in total. The molecule has 1 aromatic heterocycles. The maximum Gasteiger partial charge on any atom is 0.135 e. The largest absolute Gasteiger partial charge is 0.456 e. The summed E-state index contributed by atoms with van der Waals surface area (Å²) in [6, 6.07) is 53.1. The van der Waals surface area contributed by atoms with E-state index in [1.807, 2.05) is 0 Å². The van der Waals surface area contributed by atoms with Gasteiger partial charge in [-0.05, 0) is 107 Å². The van der Waals surface area contributed by atoms with Crippen LogP contribution in [0.1, 0.15) is 0 Å². The van der Waals surface area contributed by atoms with E-state index in [1.165, 1.54) is 76.8 Å². The van der Waals surface area contributed by atoms with Crippen molar-refractivity contribution in [2.75, 3.05) is 0 Å². The third-order valence-corrected chi connectivity index (χ3v) is 9.39. The van der Waals surface area contributed by atoms with Crippen LogP contribution < -0.4 is 0 Å². The van der Waals surface area contributed by atoms with Crippen LogP contribution in [0.25, 0.3) is 98.8 Å². The van der Waals surface area contributed by atoms with Crippen molar-refractivity contribution >= 4 is 54.3 Å². The summed E-state index contributed by atoms with van der Waals surface area (Å²) in [5.74, 6) is 0. The molecule has 1 aliphatic rings. The molecule has 0 amide bonds. The second-order valence-corrected chi connectivity index (χ2v) is 11.7. The smallest absolute Gasteiger partial charge is 0.135 e. The third-order valence-electron chi connectivity index (χ3n) is 9.39. The van der Waals surface area contributed by atoms with E-state index in [4.69, 9.17) is 4.42 Å². The van der Waals surface area contributed by atoms with E-state index in [1.54, 1.807) is 0 Å². The number of hydrogen-bond donors (Lipinski definition) is 0. The van der Waals surface area contributed by atoms with Gasteiger partial charge in [-0.15, -0.1) is 0 Å². The van der Waals surface area contributed by atoms with Crippen molar-refractivity contribution in [1.82, 2.24) is 0 Å². The van der Waals surface area contributed by atoms with Gasteiger partial charge in [-0.1, -0.05) is 115 Å². The van der Waals surface area contributed by atoms with Crippen LogP contribution in [-0.2, 0) is 0 Å². The molecule has 0 aliphatic heterocycles. The van der Waals surface area contributed by atoms with Gasteiger partial charge in [-0.2, -0.15) is 0 Å². The van der Waals surface area contributed by atoms with Crippen LogP contribution in [0.4, 0.5) is 0 Å². The molecule has 0 spiro atoms. The van der Waals surface area contributed by atoms with Crippen LogP contribution in [0.5, 0.6) is 0 Å². The van der Waals surface area contributed by atoms with Crippen molar-refractivity contribution in [3.8, 4) is 44.5 Å². The molecule has 9 aromatic rings. The summed E-state index contributed by atoms with van der Waals surface area (Å²) < 4.78 is 6.35. The highest BCUT2D eigenvalue weighted by molar-refractivity contribution is 6.18. The Balaban J connectivity index is 1.16. The van der Waals surface area contributed by atoms with Crippen LogP contribution in [0, 0.1) is 0 Å². The van der Waals surface area contributed by atoms with Gasteiger partial charge in [0.05, 0.1) is 0 Å². The second-order valence-electron chi connectivity index (χ2n) is 11.7. The first kappa shape index (κ1) is 23.0. The Morgan fingerprint density at radius 1 is 0.326 bits per heavy atom. The number of fused-ring (bicyclic) bond motifs is 9. The summed E-state index contributed by atoms with van der Waals surface area (Å²) in [6.45, 7) is 0. The summed E-state index contributed by atoms with van der Waals surface area (Å²) in [6.07, 6.45) is 0.